The Morgan fingerprint density at radius 2 is 1.88 bits per heavy atom. The SMILES string of the molecule is CCOc1ccc(C2C(C(=O)C=Cc3ccccc3)=C(O)C(=O)N2CCOC)cc1OC. The predicted molar refractivity (Wildman–Crippen MR) is 121 cm³/mol. The van der Waals surface area contributed by atoms with E-state index in [0.29, 0.717) is 23.7 Å². The molecule has 0 spiro atoms. The molecule has 0 bridgehead atoms. The van der Waals surface area contributed by atoms with Gasteiger partial charge in [-0.3, -0.25) is 9.59 Å². The number of allylic oxidation sites excluding steroid dienone is 1. The molecule has 1 unspecified atom stereocenters. The topological polar surface area (TPSA) is 85.3 Å². The van der Waals surface area contributed by atoms with Crippen molar-refractivity contribution in [2.75, 3.05) is 34.0 Å². The maximum atomic E-state index is 13.1. The number of rotatable bonds is 10. The van der Waals surface area contributed by atoms with Crippen molar-refractivity contribution in [2.45, 2.75) is 13.0 Å². The number of methoxy groups -OCH3 is 2. The number of amides is 1. The summed E-state index contributed by atoms with van der Waals surface area (Å²) >= 11 is 0. The first-order valence-corrected chi connectivity index (χ1v) is 10.3. The van der Waals surface area contributed by atoms with Crippen molar-refractivity contribution in [1.29, 1.82) is 0 Å². The number of benzene rings is 2. The molecular formula is C25H27NO6. The molecule has 1 aliphatic heterocycles. The molecule has 0 saturated heterocycles. The summed E-state index contributed by atoms with van der Waals surface area (Å²) < 4.78 is 16.1. The van der Waals surface area contributed by atoms with Gasteiger partial charge in [-0.2, -0.15) is 0 Å². The van der Waals surface area contributed by atoms with Gasteiger partial charge in [-0.05, 0) is 36.3 Å². The number of hydrogen-bond donors (Lipinski definition) is 1. The Morgan fingerprint density at radius 3 is 2.53 bits per heavy atom. The second-order valence-corrected chi connectivity index (χ2v) is 7.11. The number of aliphatic hydroxyl groups is 1. The van der Waals surface area contributed by atoms with Gasteiger partial charge in [-0.15, -0.1) is 0 Å². The first-order valence-electron chi connectivity index (χ1n) is 10.3. The van der Waals surface area contributed by atoms with Crippen LogP contribution in [-0.2, 0) is 14.3 Å². The highest BCUT2D eigenvalue weighted by molar-refractivity contribution is 6.14. The third-order valence-corrected chi connectivity index (χ3v) is 5.14. The van der Waals surface area contributed by atoms with E-state index in [0.717, 1.165) is 5.56 Å². The van der Waals surface area contributed by atoms with Crippen LogP contribution in [0.4, 0.5) is 0 Å². The summed E-state index contributed by atoms with van der Waals surface area (Å²) in [6.45, 7) is 2.79. The first-order chi connectivity index (χ1) is 15.5. The van der Waals surface area contributed by atoms with E-state index < -0.39 is 23.5 Å². The number of carbonyl (C=O) groups excluding carboxylic acids is 2. The second-order valence-electron chi connectivity index (χ2n) is 7.11. The van der Waals surface area contributed by atoms with Crippen LogP contribution in [-0.4, -0.2) is 55.7 Å². The lowest BCUT2D eigenvalue weighted by atomic mass is 9.95. The molecule has 0 radical (unpaired) electrons. The van der Waals surface area contributed by atoms with Crippen molar-refractivity contribution in [3.8, 4) is 11.5 Å². The lowest BCUT2D eigenvalue weighted by Crippen LogP contribution is -2.33. The minimum Gasteiger partial charge on any atom is -0.503 e. The average Bonchev–Trinajstić information content (AvgIpc) is 3.07. The molecule has 1 aliphatic rings. The Bertz CT molecular complexity index is 1030. The number of aliphatic hydroxyl groups excluding tert-OH is 1. The molecule has 7 heteroatoms. The molecule has 168 valence electrons. The Kier molecular flexibility index (Phi) is 7.68. The zero-order valence-corrected chi connectivity index (χ0v) is 18.4. The van der Waals surface area contributed by atoms with Crippen molar-refractivity contribution in [3.05, 3.63) is 77.1 Å². The quantitative estimate of drug-likeness (QED) is 0.571. The Hall–Kier alpha value is -3.58. The molecule has 3 rings (SSSR count). The standard InChI is InChI=1S/C25H27NO6/c1-4-32-20-13-11-18(16-21(20)31-3)23-22(24(28)25(29)26(23)14-15-30-2)19(27)12-10-17-8-6-5-7-9-17/h5-13,16,23,28H,4,14-15H2,1-3H3. The van der Waals surface area contributed by atoms with Gasteiger partial charge >= 0.3 is 0 Å². The minimum atomic E-state index is -0.782. The number of ether oxygens (including phenoxy) is 3. The predicted octanol–water partition coefficient (Wildman–Crippen LogP) is 3.72. The van der Waals surface area contributed by atoms with Crippen LogP contribution in [0.2, 0.25) is 0 Å². The highest BCUT2D eigenvalue weighted by Gasteiger charge is 2.42. The van der Waals surface area contributed by atoms with Gasteiger partial charge in [-0.1, -0.05) is 42.5 Å². The summed E-state index contributed by atoms with van der Waals surface area (Å²) in [4.78, 5) is 27.4. The molecule has 0 fully saturated rings. The van der Waals surface area contributed by atoms with E-state index >= 15 is 0 Å². The van der Waals surface area contributed by atoms with Gasteiger partial charge in [-0.25, -0.2) is 0 Å². The van der Waals surface area contributed by atoms with E-state index in [1.807, 2.05) is 37.3 Å². The average molecular weight is 437 g/mol. The normalized spacial score (nSPS) is 16.2. The number of ketones is 1. The lowest BCUT2D eigenvalue weighted by molar-refractivity contribution is -0.130. The summed E-state index contributed by atoms with van der Waals surface area (Å²) in [7, 11) is 3.05. The van der Waals surface area contributed by atoms with Crippen LogP contribution in [0.5, 0.6) is 11.5 Å². The fraction of sp³-hybridized carbons (Fsp3) is 0.280. The number of nitrogens with zero attached hydrogens (tertiary/aromatic N) is 1. The van der Waals surface area contributed by atoms with Crippen molar-refractivity contribution in [3.63, 3.8) is 0 Å². The van der Waals surface area contributed by atoms with E-state index in [4.69, 9.17) is 14.2 Å². The van der Waals surface area contributed by atoms with Crippen LogP contribution >= 0.6 is 0 Å². The Labute approximate surface area is 187 Å². The zero-order chi connectivity index (χ0) is 23.1. The molecule has 0 aliphatic carbocycles. The van der Waals surface area contributed by atoms with Crippen molar-refractivity contribution in [2.24, 2.45) is 0 Å². The summed E-state index contributed by atoms with van der Waals surface area (Å²) in [6, 6.07) is 13.8. The van der Waals surface area contributed by atoms with Crippen molar-refractivity contribution < 1.29 is 28.9 Å². The molecule has 1 N–H and O–H groups in total. The molecule has 1 atom stereocenters. The van der Waals surface area contributed by atoms with Crippen molar-refractivity contribution >= 4 is 17.8 Å². The molecule has 32 heavy (non-hydrogen) atoms. The molecule has 0 saturated carbocycles. The second kappa shape index (κ2) is 10.6. The largest absolute Gasteiger partial charge is 0.503 e. The first kappa shape index (κ1) is 23.1. The number of carbonyl (C=O) groups is 2. The van der Waals surface area contributed by atoms with Gasteiger partial charge in [0, 0.05) is 13.7 Å². The Balaban J connectivity index is 2.02. The van der Waals surface area contributed by atoms with Crippen molar-refractivity contribution in [1.82, 2.24) is 4.90 Å². The maximum Gasteiger partial charge on any atom is 0.290 e. The van der Waals surface area contributed by atoms with E-state index in [1.165, 1.54) is 25.2 Å². The van der Waals surface area contributed by atoms with E-state index in [2.05, 4.69) is 0 Å². The molecular weight excluding hydrogens is 410 g/mol. The maximum absolute atomic E-state index is 13.1. The highest BCUT2D eigenvalue weighted by atomic mass is 16.5. The summed E-state index contributed by atoms with van der Waals surface area (Å²) in [6.07, 6.45) is 3.02. The lowest BCUT2D eigenvalue weighted by Gasteiger charge is -2.27. The minimum absolute atomic E-state index is 0.0181. The van der Waals surface area contributed by atoms with Gasteiger partial charge < -0.3 is 24.2 Å². The summed E-state index contributed by atoms with van der Waals surface area (Å²) in [5.41, 5.74) is 1.47. The molecule has 0 aromatic heterocycles. The van der Waals surface area contributed by atoms with Crippen LogP contribution in [0.3, 0.4) is 0 Å². The van der Waals surface area contributed by atoms with E-state index in [9.17, 15) is 14.7 Å². The van der Waals surface area contributed by atoms with Gasteiger partial charge in [0.25, 0.3) is 5.91 Å². The van der Waals surface area contributed by atoms with E-state index in [-0.39, 0.29) is 18.7 Å². The van der Waals surface area contributed by atoms with Crippen LogP contribution < -0.4 is 9.47 Å². The molecule has 1 amide bonds. The molecule has 1 heterocycles. The number of hydrogen-bond acceptors (Lipinski definition) is 6. The Morgan fingerprint density at radius 1 is 1.12 bits per heavy atom. The fourth-order valence-corrected chi connectivity index (χ4v) is 3.63. The van der Waals surface area contributed by atoms with Crippen LogP contribution in [0.25, 0.3) is 6.08 Å². The summed E-state index contributed by atoms with van der Waals surface area (Å²) in [5.74, 6) is -0.589. The van der Waals surface area contributed by atoms with E-state index in [1.54, 1.807) is 24.3 Å². The van der Waals surface area contributed by atoms with Gasteiger partial charge in [0.1, 0.15) is 0 Å². The smallest absolute Gasteiger partial charge is 0.290 e. The monoisotopic (exact) mass is 437 g/mol. The summed E-state index contributed by atoms with van der Waals surface area (Å²) in [5, 5.41) is 10.6. The third-order valence-electron chi connectivity index (χ3n) is 5.14. The van der Waals surface area contributed by atoms with Crippen LogP contribution in [0.15, 0.2) is 65.9 Å². The van der Waals surface area contributed by atoms with Gasteiger partial charge in [0.2, 0.25) is 0 Å². The van der Waals surface area contributed by atoms with Gasteiger partial charge in [0.15, 0.2) is 23.0 Å². The van der Waals surface area contributed by atoms with Crippen LogP contribution in [0, 0.1) is 0 Å². The van der Waals surface area contributed by atoms with Crippen LogP contribution in [0.1, 0.15) is 24.1 Å². The fourth-order valence-electron chi connectivity index (χ4n) is 3.63. The third kappa shape index (κ3) is 4.84. The molecule has 2 aromatic carbocycles. The highest BCUT2D eigenvalue weighted by Crippen LogP contribution is 2.40. The molecule has 2 aromatic rings. The van der Waals surface area contributed by atoms with Gasteiger partial charge in [0.05, 0.1) is 31.9 Å². The molecule has 7 nitrogen and oxygen atoms in total. The zero-order valence-electron chi connectivity index (χ0n) is 18.4.